The second-order valence-electron chi connectivity index (χ2n) is 6.79. The van der Waals surface area contributed by atoms with Crippen LogP contribution in [0.3, 0.4) is 0 Å². The van der Waals surface area contributed by atoms with Gasteiger partial charge in [-0.05, 0) is 46.7 Å². The van der Waals surface area contributed by atoms with E-state index in [2.05, 4.69) is 20.3 Å². The van der Waals surface area contributed by atoms with Crippen molar-refractivity contribution in [1.29, 1.82) is 3.56 Å². The van der Waals surface area contributed by atoms with Gasteiger partial charge in [0.1, 0.15) is 17.8 Å². The van der Waals surface area contributed by atoms with Crippen LogP contribution in [0.4, 0.5) is 5.82 Å². The number of aromatic amines is 1. The van der Waals surface area contributed by atoms with Gasteiger partial charge in [0.2, 0.25) is 0 Å². The Labute approximate surface area is 156 Å². The Morgan fingerprint density at radius 2 is 2.28 bits per heavy atom. The Kier molecular flexibility index (Phi) is 5.07. The number of rotatable bonds is 5. The van der Waals surface area contributed by atoms with Crippen molar-refractivity contribution >= 4 is 43.7 Å². The molecule has 2 unspecified atom stereocenters. The number of alkyl halides is 1. The molecule has 2 aromatic rings. The van der Waals surface area contributed by atoms with Gasteiger partial charge in [-0.2, -0.15) is 0 Å². The van der Waals surface area contributed by atoms with Gasteiger partial charge < -0.3 is 15.0 Å². The maximum absolute atomic E-state index is 12.9. The molecular formula is C17H22IN5O2. The summed E-state index contributed by atoms with van der Waals surface area (Å²) < 4.78 is 13.7. The molecule has 3 atom stereocenters. The molecule has 4 rings (SSSR count). The van der Waals surface area contributed by atoms with E-state index in [-0.39, 0.29) is 11.7 Å². The SMILES string of the molecule is N=IC1CCC[C@@H](Nc2ncnc3[nH]cc(C(=O)C4CCOC4)c23)C1. The lowest BCUT2D eigenvalue weighted by Gasteiger charge is -2.27. The first-order valence-corrected chi connectivity index (χ1v) is 11.1. The Balaban J connectivity index is 1.63. The number of hydrogen-bond acceptors (Lipinski definition) is 6. The van der Waals surface area contributed by atoms with Crippen LogP contribution in [0.2, 0.25) is 0 Å². The topological polar surface area (TPSA) is 104 Å². The van der Waals surface area contributed by atoms with Crippen molar-refractivity contribution in [3.05, 3.63) is 18.1 Å². The molecule has 3 N–H and O–H groups in total. The molecule has 1 saturated carbocycles. The van der Waals surface area contributed by atoms with Gasteiger partial charge >= 0.3 is 0 Å². The molecule has 1 saturated heterocycles. The minimum atomic E-state index is -0.464. The van der Waals surface area contributed by atoms with Crippen LogP contribution in [0.15, 0.2) is 12.5 Å². The Morgan fingerprint density at radius 3 is 3.08 bits per heavy atom. The molecule has 0 radical (unpaired) electrons. The van der Waals surface area contributed by atoms with Gasteiger partial charge in [-0.25, -0.2) is 9.97 Å². The highest BCUT2D eigenvalue weighted by atomic mass is 127. The van der Waals surface area contributed by atoms with E-state index in [4.69, 9.17) is 8.30 Å². The zero-order chi connectivity index (χ0) is 17.2. The molecule has 0 amide bonds. The maximum atomic E-state index is 12.9. The highest BCUT2D eigenvalue weighted by molar-refractivity contribution is 14.1. The fraction of sp³-hybridized carbons (Fsp3) is 0.588. The molecule has 2 aromatic heterocycles. The van der Waals surface area contributed by atoms with Crippen LogP contribution in [0, 0.1) is 9.48 Å². The van der Waals surface area contributed by atoms with Crippen LogP contribution in [0.25, 0.3) is 11.0 Å². The van der Waals surface area contributed by atoms with Crippen LogP contribution < -0.4 is 5.32 Å². The first-order valence-electron chi connectivity index (χ1n) is 8.76. The molecule has 0 aromatic carbocycles. The summed E-state index contributed by atoms with van der Waals surface area (Å²) in [6.45, 7) is 1.15. The van der Waals surface area contributed by atoms with E-state index in [1.807, 2.05) is 0 Å². The van der Waals surface area contributed by atoms with Gasteiger partial charge in [-0.15, -0.1) is 0 Å². The smallest absolute Gasteiger partial charge is 0.170 e. The molecule has 1 aliphatic heterocycles. The number of halogens is 1. The average molecular weight is 455 g/mol. The highest BCUT2D eigenvalue weighted by Crippen LogP contribution is 2.32. The molecule has 1 aliphatic carbocycles. The third-order valence-corrected chi connectivity index (χ3v) is 7.15. The average Bonchev–Trinajstić information content (AvgIpc) is 3.32. The lowest BCUT2D eigenvalue weighted by molar-refractivity contribution is 0.0902. The van der Waals surface area contributed by atoms with E-state index in [1.54, 1.807) is 6.20 Å². The number of H-pyrrole nitrogens is 1. The van der Waals surface area contributed by atoms with Gasteiger partial charge in [-0.3, -0.25) is 8.36 Å². The Hall–Kier alpha value is -1.42. The second kappa shape index (κ2) is 7.45. The van der Waals surface area contributed by atoms with E-state index >= 15 is 0 Å². The summed E-state index contributed by atoms with van der Waals surface area (Å²) in [7, 11) is 0. The van der Waals surface area contributed by atoms with Crippen LogP contribution >= 0.6 is 21.0 Å². The summed E-state index contributed by atoms with van der Waals surface area (Å²) in [6.07, 6.45) is 8.54. The zero-order valence-electron chi connectivity index (χ0n) is 13.9. The zero-order valence-corrected chi connectivity index (χ0v) is 16.1. The molecule has 3 heterocycles. The number of carbonyl (C=O) groups excluding carboxylic acids is 1. The van der Waals surface area contributed by atoms with Crippen molar-refractivity contribution in [2.45, 2.75) is 42.1 Å². The largest absolute Gasteiger partial charge is 0.381 e. The number of ketones is 1. The predicted octanol–water partition coefficient (Wildman–Crippen LogP) is 3.63. The van der Waals surface area contributed by atoms with E-state index in [1.165, 1.54) is 12.7 Å². The first-order chi connectivity index (χ1) is 12.3. The minimum absolute atomic E-state index is 0.0702. The fourth-order valence-corrected chi connectivity index (χ4v) is 5.40. The van der Waals surface area contributed by atoms with E-state index in [9.17, 15) is 4.79 Å². The predicted molar refractivity (Wildman–Crippen MR) is 104 cm³/mol. The van der Waals surface area contributed by atoms with Crippen molar-refractivity contribution in [2.24, 2.45) is 5.92 Å². The van der Waals surface area contributed by atoms with Crippen LogP contribution in [0.1, 0.15) is 42.5 Å². The molecule has 0 bridgehead atoms. The van der Waals surface area contributed by atoms with Gasteiger partial charge in [0.05, 0.1) is 12.0 Å². The van der Waals surface area contributed by atoms with Gasteiger partial charge in [0.25, 0.3) is 0 Å². The molecule has 8 heteroatoms. The quantitative estimate of drug-likeness (QED) is 0.363. The fourth-order valence-electron chi connectivity index (χ4n) is 3.78. The number of anilines is 1. The number of carbonyl (C=O) groups is 1. The van der Waals surface area contributed by atoms with Gasteiger partial charge in [0, 0.05) is 34.3 Å². The van der Waals surface area contributed by atoms with Crippen molar-refractivity contribution in [2.75, 3.05) is 18.5 Å². The Morgan fingerprint density at radius 1 is 1.36 bits per heavy atom. The van der Waals surface area contributed by atoms with E-state index in [0.717, 1.165) is 36.9 Å². The maximum Gasteiger partial charge on any atom is 0.170 e. The third kappa shape index (κ3) is 3.46. The van der Waals surface area contributed by atoms with Crippen LogP contribution in [-0.2, 0) is 4.74 Å². The van der Waals surface area contributed by atoms with Gasteiger partial charge in [-0.1, -0.05) is 6.42 Å². The number of nitrogens with zero attached hydrogens (tertiary/aromatic N) is 2. The number of fused-ring (bicyclic) bond motifs is 1. The number of nitrogens with one attached hydrogen (secondary N) is 3. The van der Waals surface area contributed by atoms with Crippen molar-refractivity contribution in [1.82, 2.24) is 15.0 Å². The molecule has 25 heavy (non-hydrogen) atoms. The number of ether oxygens (including phenoxy) is 1. The molecular weight excluding hydrogens is 433 g/mol. The molecule has 7 nitrogen and oxygen atoms in total. The molecule has 134 valence electrons. The first kappa shape index (κ1) is 17.0. The summed E-state index contributed by atoms with van der Waals surface area (Å²) in [6, 6.07) is 0.328. The third-order valence-electron chi connectivity index (χ3n) is 5.14. The second-order valence-corrected chi connectivity index (χ2v) is 9.17. The Bertz CT molecular complexity index is 786. The molecule has 0 spiro atoms. The van der Waals surface area contributed by atoms with E-state index < -0.39 is 21.0 Å². The minimum Gasteiger partial charge on any atom is -0.381 e. The molecule has 2 aliphatic rings. The summed E-state index contributed by atoms with van der Waals surface area (Å²) in [4.78, 5) is 24.7. The monoisotopic (exact) mass is 455 g/mol. The number of aromatic nitrogens is 3. The van der Waals surface area contributed by atoms with Crippen molar-refractivity contribution in [3.8, 4) is 0 Å². The van der Waals surface area contributed by atoms with E-state index in [0.29, 0.717) is 34.4 Å². The number of hydrogen-bond donors (Lipinski definition) is 3. The normalized spacial score (nSPS) is 26.8. The highest BCUT2D eigenvalue weighted by Gasteiger charge is 2.29. The van der Waals surface area contributed by atoms with Crippen molar-refractivity contribution in [3.63, 3.8) is 0 Å². The lowest BCUT2D eigenvalue weighted by Crippen LogP contribution is -2.28. The van der Waals surface area contributed by atoms with Crippen molar-refractivity contribution < 1.29 is 9.53 Å². The standard InChI is InChI=1S/C17H22IN5O2/c19-18-11-2-1-3-12(6-11)23-17-14-13(7-20-16(14)21-9-22-17)15(24)10-4-5-25-8-10/h7,9-12,19H,1-6,8H2,(H2,20,21,22,23)/t10?,11?,12-/m1/s1. The van der Waals surface area contributed by atoms with Crippen LogP contribution in [0.5, 0.6) is 0 Å². The summed E-state index contributed by atoms with van der Waals surface area (Å²) in [5, 5.41) is 4.33. The number of Topliss-reactive ketones (excluding diaryl/α,β-unsaturated/α-hetero) is 1. The summed E-state index contributed by atoms with van der Waals surface area (Å²) in [5.74, 6) is 0.779. The summed E-state index contributed by atoms with van der Waals surface area (Å²) >= 11 is -0.464. The lowest BCUT2D eigenvalue weighted by atomic mass is 9.95. The summed E-state index contributed by atoms with van der Waals surface area (Å²) in [5.41, 5.74) is 1.36. The van der Waals surface area contributed by atoms with Crippen LogP contribution in [-0.4, -0.2) is 43.9 Å². The molecule has 2 fully saturated rings. The van der Waals surface area contributed by atoms with Gasteiger partial charge in [0.15, 0.2) is 5.78 Å².